The van der Waals surface area contributed by atoms with Gasteiger partial charge in [-0.15, -0.1) is 0 Å². The van der Waals surface area contributed by atoms with Crippen LogP contribution in [0.25, 0.3) is 5.69 Å². The lowest BCUT2D eigenvalue weighted by Crippen LogP contribution is -1.90. The number of aromatic nitrogens is 2. The molecule has 2 aromatic rings. The lowest BCUT2D eigenvalue weighted by Gasteiger charge is -2.03. The van der Waals surface area contributed by atoms with Gasteiger partial charge >= 0.3 is 0 Å². The molecule has 0 radical (unpaired) electrons. The molecule has 0 saturated carbocycles. The maximum atomic E-state index is 5.10. The summed E-state index contributed by atoms with van der Waals surface area (Å²) in [7, 11) is 1.66. The zero-order chi connectivity index (χ0) is 10.7. The van der Waals surface area contributed by atoms with Gasteiger partial charge in [0.15, 0.2) is 0 Å². The topological polar surface area (TPSA) is 27.1 Å². The van der Waals surface area contributed by atoms with Crippen LogP contribution in [0, 0.1) is 0 Å². The molecular formula is C11H11BrN2O. The highest BCUT2D eigenvalue weighted by Gasteiger charge is 1.99. The molecule has 78 valence electrons. The second-order valence-corrected chi connectivity index (χ2v) is 3.66. The number of rotatable bonds is 3. The van der Waals surface area contributed by atoms with E-state index in [9.17, 15) is 0 Å². The third-order valence-electron chi connectivity index (χ3n) is 2.14. The van der Waals surface area contributed by atoms with Gasteiger partial charge in [-0.3, -0.25) is 0 Å². The maximum Gasteiger partial charge on any atom is 0.119 e. The summed E-state index contributed by atoms with van der Waals surface area (Å²) >= 11 is 3.37. The summed E-state index contributed by atoms with van der Waals surface area (Å²) < 4.78 is 7.08. The fraction of sp³-hybridized carbons (Fsp3) is 0.182. The van der Waals surface area contributed by atoms with E-state index in [0.29, 0.717) is 0 Å². The molecule has 0 bridgehead atoms. The van der Waals surface area contributed by atoms with Gasteiger partial charge in [-0.1, -0.05) is 15.9 Å². The van der Waals surface area contributed by atoms with Crippen LogP contribution in [-0.4, -0.2) is 16.7 Å². The van der Waals surface area contributed by atoms with Crippen LogP contribution in [0.2, 0.25) is 0 Å². The van der Waals surface area contributed by atoms with Crippen LogP contribution < -0.4 is 4.74 Å². The molecule has 0 aliphatic heterocycles. The molecule has 2 rings (SSSR count). The minimum Gasteiger partial charge on any atom is -0.497 e. The highest BCUT2D eigenvalue weighted by atomic mass is 79.9. The van der Waals surface area contributed by atoms with Gasteiger partial charge in [-0.05, 0) is 24.3 Å². The molecule has 0 atom stereocenters. The summed E-state index contributed by atoms with van der Waals surface area (Å²) in [5.74, 6) is 0.861. The Labute approximate surface area is 96.8 Å². The predicted molar refractivity (Wildman–Crippen MR) is 62.7 cm³/mol. The van der Waals surface area contributed by atoms with Crippen molar-refractivity contribution in [3.05, 3.63) is 42.5 Å². The number of hydrogen-bond acceptors (Lipinski definition) is 2. The molecule has 0 aliphatic carbocycles. The van der Waals surface area contributed by atoms with Crippen molar-refractivity contribution in [2.45, 2.75) is 5.33 Å². The van der Waals surface area contributed by atoms with Crippen molar-refractivity contribution in [1.29, 1.82) is 0 Å². The van der Waals surface area contributed by atoms with Gasteiger partial charge in [0, 0.05) is 17.2 Å². The van der Waals surface area contributed by atoms with E-state index in [1.165, 1.54) is 0 Å². The molecular weight excluding hydrogens is 256 g/mol. The van der Waals surface area contributed by atoms with Crippen molar-refractivity contribution >= 4 is 15.9 Å². The van der Waals surface area contributed by atoms with E-state index in [1.807, 2.05) is 35.0 Å². The zero-order valence-electron chi connectivity index (χ0n) is 8.35. The van der Waals surface area contributed by atoms with Gasteiger partial charge in [0.1, 0.15) is 5.75 Å². The van der Waals surface area contributed by atoms with Gasteiger partial charge in [-0.25, -0.2) is 4.98 Å². The van der Waals surface area contributed by atoms with Crippen LogP contribution in [0.3, 0.4) is 0 Å². The predicted octanol–water partition coefficient (Wildman–Crippen LogP) is 2.78. The molecule has 0 N–H and O–H groups in total. The van der Waals surface area contributed by atoms with Crippen molar-refractivity contribution in [1.82, 2.24) is 9.55 Å². The first-order valence-electron chi connectivity index (χ1n) is 4.57. The molecule has 0 amide bonds. The summed E-state index contributed by atoms with van der Waals surface area (Å²) in [6.07, 6.45) is 3.80. The number of ether oxygens (including phenoxy) is 1. The maximum absolute atomic E-state index is 5.10. The number of nitrogens with zero attached hydrogens (tertiary/aromatic N) is 2. The molecule has 0 unspecified atom stereocenters. The molecule has 3 nitrogen and oxygen atoms in total. The first-order chi connectivity index (χ1) is 7.33. The summed E-state index contributed by atoms with van der Waals surface area (Å²) in [4.78, 5) is 4.24. The summed E-state index contributed by atoms with van der Waals surface area (Å²) in [5, 5.41) is 0.774. The van der Waals surface area contributed by atoms with Crippen LogP contribution in [0.15, 0.2) is 36.8 Å². The second kappa shape index (κ2) is 4.49. The Hall–Kier alpha value is -1.29. The van der Waals surface area contributed by atoms with Crippen molar-refractivity contribution in [2.24, 2.45) is 0 Å². The van der Waals surface area contributed by atoms with E-state index in [2.05, 4.69) is 20.9 Å². The summed E-state index contributed by atoms with van der Waals surface area (Å²) in [6.45, 7) is 0. The van der Waals surface area contributed by atoms with Gasteiger partial charge in [0.05, 0.1) is 19.1 Å². The van der Waals surface area contributed by atoms with Gasteiger partial charge < -0.3 is 9.30 Å². The number of halogens is 1. The molecule has 0 spiro atoms. The quantitative estimate of drug-likeness (QED) is 0.799. The van der Waals surface area contributed by atoms with Crippen LogP contribution >= 0.6 is 15.9 Å². The second-order valence-electron chi connectivity index (χ2n) is 3.10. The molecule has 1 aromatic heterocycles. The highest BCUT2D eigenvalue weighted by Crippen LogP contribution is 2.15. The van der Waals surface area contributed by atoms with E-state index in [0.717, 1.165) is 22.5 Å². The third kappa shape index (κ3) is 2.21. The van der Waals surface area contributed by atoms with Crippen molar-refractivity contribution < 1.29 is 4.74 Å². The molecule has 1 aromatic carbocycles. The monoisotopic (exact) mass is 266 g/mol. The van der Waals surface area contributed by atoms with E-state index < -0.39 is 0 Å². The molecule has 0 fully saturated rings. The fourth-order valence-corrected chi connectivity index (χ4v) is 1.62. The van der Waals surface area contributed by atoms with Gasteiger partial charge in [0.2, 0.25) is 0 Å². The van der Waals surface area contributed by atoms with E-state index in [-0.39, 0.29) is 0 Å². The largest absolute Gasteiger partial charge is 0.497 e. The third-order valence-corrected chi connectivity index (χ3v) is 2.72. The van der Waals surface area contributed by atoms with Gasteiger partial charge in [0.25, 0.3) is 0 Å². The number of imidazole rings is 1. The van der Waals surface area contributed by atoms with Crippen LogP contribution in [-0.2, 0) is 5.33 Å². The smallest absolute Gasteiger partial charge is 0.119 e. The molecule has 15 heavy (non-hydrogen) atoms. The molecule has 4 heteroatoms. The highest BCUT2D eigenvalue weighted by molar-refractivity contribution is 9.08. The average molecular weight is 267 g/mol. The first-order valence-corrected chi connectivity index (χ1v) is 5.69. The Morgan fingerprint density at radius 2 is 2.07 bits per heavy atom. The van der Waals surface area contributed by atoms with Crippen molar-refractivity contribution in [3.63, 3.8) is 0 Å². The SMILES string of the molecule is COc1ccc(-n2cnc(CBr)c2)cc1. The average Bonchev–Trinajstić information content (AvgIpc) is 2.78. The fourth-order valence-electron chi connectivity index (χ4n) is 1.33. The van der Waals surface area contributed by atoms with E-state index >= 15 is 0 Å². The number of benzene rings is 1. The lowest BCUT2D eigenvalue weighted by atomic mass is 10.3. The number of methoxy groups -OCH3 is 1. The minimum atomic E-state index is 0.774. The van der Waals surface area contributed by atoms with Crippen molar-refractivity contribution in [2.75, 3.05) is 7.11 Å². The number of hydrogen-bond donors (Lipinski definition) is 0. The lowest BCUT2D eigenvalue weighted by molar-refractivity contribution is 0.415. The van der Waals surface area contributed by atoms with Crippen LogP contribution in [0.4, 0.5) is 0 Å². The minimum absolute atomic E-state index is 0.774. The molecule has 0 aliphatic rings. The summed E-state index contributed by atoms with van der Waals surface area (Å²) in [5.41, 5.74) is 2.10. The Bertz CT molecular complexity index is 436. The van der Waals surface area contributed by atoms with E-state index in [4.69, 9.17) is 4.74 Å². The Morgan fingerprint density at radius 1 is 1.33 bits per heavy atom. The van der Waals surface area contributed by atoms with Crippen molar-refractivity contribution in [3.8, 4) is 11.4 Å². The van der Waals surface area contributed by atoms with E-state index in [1.54, 1.807) is 13.4 Å². The number of alkyl halides is 1. The Morgan fingerprint density at radius 3 is 2.60 bits per heavy atom. The normalized spacial score (nSPS) is 10.3. The standard InChI is InChI=1S/C11H11BrN2O/c1-15-11-4-2-10(3-5-11)14-7-9(6-12)13-8-14/h2-5,7-8H,6H2,1H3. The van der Waals surface area contributed by atoms with Crippen LogP contribution in [0.5, 0.6) is 5.75 Å². The molecule has 0 saturated heterocycles. The summed E-state index contributed by atoms with van der Waals surface area (Å²) in [6, 6.07) is 7.86. The van der Waals surface area contributed by atoms with Crippen LogP contribution in [0.1, 0.15) is 5.69 Å². The first kappa shape index (κ1) is 10.2. The Kier molecular flexibility index (Phi) is 3.06. The van der Waals surface area contributed by atoms with Gasteiger partial charge in [-0.2, -0.15) is 0 Å². The molecule has 1 heterocycles. The zero-order valence-corrected chi connectivity index (χ0v) is 9.94. The Balaban J connectivity index is 2.28.